The van der Waals surface area contributed by atoms with Gasteiger partial charge in [0, 0.05) is 36.7 Å². The van der Waals surface area contributed by atoms with Crippen LogP contribution in [0.5, 0.6) is 5.75 Å². The maximum atomic E-state index is 12.6. The second-order valence-corrected chi connectivity index (χ2v) is 7.18. The number of rotatable bonds is 6. The molecule has 1 saturated heterocycles. The first-order chi connectivity index (χ1) is 11.3. The van der Waals surface area contributed by atoms with Crippen LogP contribution in [0.25, 0.3) is 0 Å². The highest BCUT2D eigenvalue weighted by Gasteiger charge is 2.32. The van der Waals surface area contributed by atoms with Gasteiger partial charge in [0.05, 0.1) is 0 Å². The van der Waals surface area contributed by atoms with E-state index in [1.165, 1.54) is 12.1 Å². The molecule has 24 heavy (non-hydrogen) atoms. The Bertz CT molecular complexity index is 533. The molecule has 1 fully saturated rings. The van der Waals surface area contributed by atoms with Crippen LogP contribution in [0.2, 0.25) is 0 Å². The van der Waals surface area contributed by atoms with Gasteiger partial charge < -0.3 is 10.1 Å². The molecular formula is C17H24BrF3N2O. The zero-order valence-electron chi connectivity index (χ0n) is 14.0. The van der Waals surface area contributed by atoms with Gasteiger partial charge in [-0.2, -0.15) is 0 Å². The van der Waals surface area contributed by atoms with Gasteiger partial charge in [0.15, 0.2) is 0 Å². The highest BCUT2D eigenvalue weighted by Crippen LogP contribution is 2.36. The lowest BCUT2D eigenvalue weighted by Gasteiger charge is -2.39. The fraction of sp³-hybridized carbons (Fsp3) is 0.647. The first-order valence-corrected chi connectivity index (χ1v) is 9.10. The van der Waals surface area contributed by atoms with Gasteiger partial charge in [-0.3, -0.25) is 4.90 Å². The maximum Gasteiger partial charge on any atom is 0.573 e. The Balaban J connectivity index is 2.33. The van der Waals surface area contributed by atoms with Crippen LogP contribution < -0.4 is 10.1 Å². The summed E-state index contributed by atoms with van der Waals surface area (Å²) in [4.78, 5) is 2.36. The van der Waals surface area contributed by atoms with Crippen molar-refractivity contribution in [1.82, 2.24) is 10.2 Å². The first-order valence-electron chi connectivity index (χ1n) is 8.31. The van der Waals surface area contributed by atoms with E-state index in [-0.39, 0.29) is 11.8 Å². The molecule has 2 atom stereocenters. The Morgan fingerprint density at radius 3 is 2.50 bits per heavy atom. The number of hydrogen-bond acceptors (Lipinski definition) is 3. The molecule has 1 aliphatic heterocycles. The van der Waals surface area contributed by atoms with Crippen LogP contribution in [0, 0.1) is 5.92 Å². The highest BCUT2D eigenvalue weighted by atomic mass is 79.9. The summed E-state index contributed by atoms with van der Waals surface area (Å²) >= 11 is 3.32. The number of benzene rings is 1. The van der Waals surface area contributed by atoms with Crippen LogP contribution in [0.4, 0.5) is 13.2 Å². The zero-order valence-corrected chi connectivity index (χ0v) is 15.6. The molecule has 0 aliphatic carbocycles. The molecule has 0 spiro atoms. The van der Waals surface area contributed by atoms with Crippen LogP contribution >= 0.6 is 15.9 Å². The second-order valence-electron chi connectivity index (χ2n) is 6.26. The third-order valence-electron chi connectivity index (χ3n) is 4.30. The number of piperazine rings is 1. The molecule has 2 rings (SSSR count). The van der Waals surface area contributed by atoms with E-state index in [0.717, 1.165) is 44.6 Å². The zero-order chi connectivity index (χ0) is 17.7. The summed E-state index contributed by atoms with van der Waals surface area (Å²) in [5, 5.41) is 3.32. The van der Waals surface area contributed by atoms with Gasteiger partial charge in [-0.05, 0) is 36.1 Å². The Morgan fingerprint density at radius 2 is 1.92 bits per heavy atom. The minimum absolute atomic E-state index is 0.0835. The average Bonchev–Trinajstić information content (AvgIpc) is 2.46. The fourth-order valence-electron chi connectivity index (χ4n) is 3.42. The van der Waals surface area contributed by atoms with E-state index in [4.69, 9.17) is 0 Å². The molecule has 3 nitrogen and oxygen atoms in total. The Kier molecular flexibility index (Phi) is 6.95. The van der Waals surface area contributed by atoms with Crippen molar-refractivity contribution < 1.29 is 17.9 Å². The highest BCUT2D eigenvalue weighted by molar-refractivity contribution is 9.10. The SMILES string of the molecule is CCCC(C)[C@H](c1cc(Br)cc(OC(F)(F)F)c1)N1CCNCC1. The summed E-state index contributed by atoms with van der Waals surface area (Å²) in [7, 11) is 0. The van der Waals surface area contributed by atoms with Gasteiger partial charge in [0.1, 0.15) is 5.75 Å². The molecule has 1 N–H and O–H groups in total. The molecule has 0 saturated carbocycles. The van der Waals surface area contributed by atoms with E-state index in [9.17, 15) is 13.2 Å². The normalized spacial score (nSPS) is 19.1. The summed E-state index contributed by atoms with van der Waals surface area (Å²) in [6.45, 7) is 7.87. The van der Waals surface area contributed by atoms with Crippen molar-refractivity contribution in [2.45, 2.75) is 39.1 Å². The summed E-state index contributed by atoms with van der Waals surface area (Å²) in [6, 6.07) is 4.87. The van der Waals surface area contributed by atoms with Crippen molar-refractivity contribution in [2.75, 3.05) is 26.2 Å². The standard InChI is InChI=1S/C17H24BrF3N2O/c1-3-4-12(2)16(23-7-5-22-6-8-23)13-9-14(18)11-15(10-13)24-17(19,20)21/h9-12,16,22H,3-8H2,1-2H3/t12?,16-/m1/s1. The number of nitrogens with zero attached hydrogens (tertiary/aromatic N) is 1. The number of ether oxygens (including phenoxy) is 1. The molecule has 1 unspecified atom stereocenters. The minimum atomic E-state index is -4.68. The van der Waals surface area contributed by atoms with Gasteiger partial charge in [0.2, 0.25) is 0 Å². The van der Waals surface area contributed by atoms with E-state index < -0.39 is 6.36 Å². The predicted octanol–water partition coefficient (Wildman–Crippen LogP) is 4.73. The lowest BCUT2D eigenvalue weighted by molar-refractivity contribution is -0.274. The number of nitrogens with one attached hydrogen (secondary N) is 1. The number of halogens is 4. The molecule has 0 amide bonds. The van der Waals surface area contributed by atoms with Crippen LogP contribution in [0.15, 0.2) is 22.7 Å². The number of alkyl halides is 3. The van der Waals surface area contributed by atoms with Crippen LogP contribution in [0.1, 0.15) is 38.3 Å². The molecule has 1 heterocycles. The second kappa shape index (κ2) is 8.54. The van der Waals surface area contributed by atoms with E-state index >= 15 is 0 Å². The summed E-state index contributed by atoms with van der Waals surface area (Å²) < 4.78 is 42.5. The molecule has 7 heteroatoms. The molecule has 1 aromatic carbocycles. The van der Waals surface area contributed by atoms with Gasteiger partial charge >= 0.3 is 6.36 Å². The summed E-state index contributed by atoms with van der Waals surface area (Å²) in [6.07, 6.45) is -2.61. The smallest absolute Gasteiger partial charge is 0.406 e. The van der Waals surface area contributed by atoms with Gasteiger partial charge in [-0.1, -0.05) is 36.2 Å². The molecule has 0 bridgehead atoms. The van der Waals surface area contributed by atoms with E-state index in [1.54, 1.807) is 0 Å². The third-order valence-corrected chi connectivity index (χ3v) is 4.75. The van der Waals surface area contributed by atoms with Crippen molar-refractivity contribution in [3.05, 3.63) is 28.2 Å². The van der Waals surface area contributed by atoms with Crippen LogP contribution in [0.3, 0.4) is 0 Å². The quantitative estimate of drug-likeness (QED) is 0.735. The lowest BCUT2D eigenvalue weighted by Crippen LogP contribution is -2.46. The predicted molar refractivity (Wildman–Crippen MR) is 92.1 cm³/mol. The molecular weight excluding hydrogens is 385 g/mol. The monoisotopic (exact) mass is 408 g/mol. The fourth-order valence-corrected chi connectivity index (χ4v) is 3.91. The van der Waals surface area contributed by atoms with E-state index in [0.29, 0.717) is 10.4 Å². The van der Waals surface area contributed by atoms with E-state index in [1.807, 2.05) is 6.07 Å². The van der Waals surface area contributed by atoms with Crippen molar-refractivity contribution in [3.63, 3.8) is 0 Å². The molecule has 0 radical (unpaired) electrons. The van der Waals surface area contributed by atoms with Crippen molar-refractivity contribution >= 4 is 15.9 Å². The third kappa shape index (κ3) is 5.63. The molecule has 136 valence electrons. The maximum absolute atomic E-state index is 12.6. The lowest BCUT2D eigenvalue weighted by atomic mass is 9.89. The van der Waals surface area contributed by atoms with Gasteiger partial charge in [-0.15, -0.1) is 13.2 Å². The molecule has 0 aromatic heterocycles. The first kappa shape index (κ1) is 19.5. The summed E-state index contributed by atoms with van der Waals surface area (Å²) in [5.74, 6) is 0.178. The Hall–Kier alpha value is -0.790. The Morgan fingerprint density at radius 1 is 1.25 bits per heavy atom. The Labute approximate surface area is 149 Å². The van der Waals surface area contributed by atoms with Crippen LogP contribution in [-0.2, 0) is 0 Å². The largest absolute Gasteiger partial charge is 0.573 e. The van der Waals surface area contributed by atoms with Crippen molar-refractivity contribution in [2.24, 2.45) is 5.92 Å². The van der Waals surface area contributed by atoms with Crippen molar-refractivity contribution in [3.8, 4) is 5.75 Å². The van der Waals surface area contributed by atoms with Gasteiger partial charge in [-0.25, -0.2) is 0 Å². The van der Waals surface area contributed by atoms with E-state index in [2.05, 4.69) is 44.7 Å². The average molecular weight is 409 g/mol. The van der Waals surface area contributed by atoms with Crippen LogP contribution in [-0.4, -0.2) is 37.4 Å². The topological polar surface area (TPSA) is 24.5 Å². The minimum Gasteiger partial charge on any atom is -0.406 e. The summed E-state index contributed by atoms with van der Waals surface area (Å²) in [5.41, 5.74) is 0.867. The van der Waals surface area contributed by atoms with Crippen molar-refractivity contribution in [1.29, 1.82) is 0 Å². The number of hydrogen-bond donors (Lipinski definition) is 1. The molecule has 1 aliphatic rings. The molecule has 1 aromatic rings. The van der Waals surface area contributed by atoms with Gasteiger partial charge in [0.25, 0.3) is 0 Å².